The highest BCUT2D eigenvalue weighted by Gasteiger charge is 2.36. The summed E-state index contributed by atoms with van der Waals surface area (Å²) in [7, 11) is -0.692. The molecule has 1 aliphatic heterocycles. The van der Waals surface area contributed by atoms with Crippen LogP contribution in [0.25, 0.3) is 0 Å². The molecule has 4 nitrogen and oxygen atoms in total. The van der Waals surface area contributed by atoms with Gasteiger partial charge in [-0.3, -0.25) is 4.79 Å². The lowest BCUT2D eigenvalue weighted by molar-refractivity contribution is -0.150. The van der Waals surface area contributed by atoms with Crippen LogP contribution in [0.5, 0.6) is 0 Å². The van der Waals surface area contributed by atoms with E-state index in [0.29, 0.717) is 0 Å². The van der Waals surface area contributed by atoms with Crippen molar-refractivity contribution in [1.82, 2.24) is 0 Å². The van der Waals surface area contributed by atoms with Crippen molar-refractivity contribution in [2.75, 3.05) is 26.4 Å². The minimum absolute atomic E-state index is 0.00298. The van der Waals surface area contributed by atoms with E-state index in [0.717, 1.165) is 45.3 Å². The molecule has 0 aromatic carbocycles. The molecule has 0 aromatic rings. The van der Waals surface area contributed by atoms with E-state index in [1.54, 1.807) is 0 Å². The Bertz CT molecular complexity index is 246. The van der Waals surface area contributed by atoms with Gasteiger partial charge in [-0.05, 0) is 18.9 Å². The van der Waals surface area contributed by atoms with E-state index in [1.807, 2.05) is 13.8 Å². The summed E-state index contributed by atoms with van der Waals surface area (Å²) in [4.78, 5) is 11.2. The van der Waals surface area contributed by atoms with Crippen LogP contribution in [0.1, 0.15) is 33.6 Å². The van der Waals surface area contributed by atoms with Gasteiger partial charge in [0.05, 0.1) is 19.8 Å². The number of carbonyl (C=O) groups excluding carboxylic acids is 1. The molecule has 1 aliphatic rings. The van der Waals surface area contributed by atoms with E-state index >= 15 is 0 Å². The van der Waals surface area contributed by atoms with Crippen LogP contribution in [0.2, 0.25) is 6.04 Å². The van der Waals surface area contributed by atoms with Gasteiger partial charge in [0.15, 0.2) is 0 Å². The standard InChI is InChI=1S/C13H26O4Si/c1-4-13(9-16-10-13)8-15-6-5-7-18-17-12(14)11(2)3/h11H,4-10,18H2,1-3H3. The predicted molar refractivity (Wildman–Crippen MR) is 73.3 cm³/mol. The van der Waals surface area contributed by atoms with Gasteiger partial charge in [-0.15, -0.1) is 0 Å². The molecule has 0 unspecified atom stereocenters. The number of ether oxygens (including phenoxy) is 2. The first kappa shape index (κ1) is 15.7. The van der Waals surface area contributed by atoms with Crippen LogP contribution in [-0.4, -0.2) is 42.2 Å². The van der Waals surface area contributed by atoms with Crippen molar-refractivity contribution in [1.29, 1.82) is 0 Å². The highest BCUT2D eigenvalue weighted by atomic mass is 28.2. The minimum atomic E-state index is -0.692. The molecular formula is C13H26O4Si. The molecule has 0 aliphatic carbocycles. The summed E-state index contributed by atoms with van der Waals surface area (Å²) in [5, 5.41) is 0. The van der Waals surface area contributed by atoms with E-state index in [2.05, 4.69) is 6.92 Å². The number of hydrogen-bond acceptors (Lipinski definition) is 4. The quantitative estimate of drug-likeness (QED) is 0.472. The van der Waals surface area contributed by atoms with Gasteiger partial charge >= 0.3 is 0 Å². The van der Waals surface area contributed by atoms with Gasteiger partial charge in [-0.1, -0.05) is 20.8 Å². The molecule has 0 spiro atoms. The first-order valence-corrected chi connectivity index (χ1v) is 8.49. The number of carbonyl (C=O) groups is 1. The molecule has 0 bridgehead atoms. The Labute approximate surface area is 112 Å². The highest BCUT2D eigenvalue weighted by molar-refractivity contribution is 6.30. The molecule has 1 heterocycles. The Morgan fingerprint density at radius 3 is 2.67 bits per heavy atom. The van der Waals surface area contributed by atoms with E-state index in [9.17, 15) is 4.79 Å². The smallest absolute Gasteiger partial charge is 0.294 e. The Morgan fingerprint density at radius 2 is 2.17 bits per heavy atom. The third kappa shape index (κ3) is 5.08. The molecule has 0 aromatic heterocycles. The fraction of sp³-hybridized carbons (Fsp3) is 0.923. The second-order valence-electron chi connectivity index (χ2n) is 5.43. The Morgan fingerprint density at radius 1 is 1.44 bits per heavy atom. The maximum absolute atomic E-state index is 11.2. The Balaban J connectivity index is 1.91. The normalized spacial score (nSPS) is 18.2. The number of rotatable bonds is 9. The van der Waals surface area contributed by atoms with Crippen molar-refractivity contribution in [2.24, 2.45) is 11.3 Å². The summed E-state index contributed by atoms with van der Waals surface area (Å²) in [6.07, 6.45) is 2.12. The van der Waals surface area contributed by atoms with Crippen molar-refractivity contribution in [2.45, 2.75) is 39.7 Å². The van der Waals surface area contributed by atoms with E-state index in [-0.39, 0.29) is 17.3 Å². The topological polar surface area (TPSA) is 44.8 Å². The zero-order valence-electron chi connectivity index (χ0n) is 11.9. The van der Waals surface area contributed by atoms with Crippen molar-refractivity contribution < 1.29 is 18.7 Å². The van der Waals surface area contributed by atoms with E-state index in [1.165, 1.54) is 0 Å². The third-order valence-corrected chi connectivity index (χ3v) is 4.65. The van der Waals surface area contributed by atoms with Crippen molar-refractivity contribution in [3.05, 3.63) is 0 Å². The van der Waals surface area contributed by atoms with Crippen LogP contribution in [0.3, 0.4) is 0 Å². The SMILES string of the molecule is CCC1(COCCC[SiH2]OC(=O)C(C)C)COC1. The summed E-state index contributed by atoms with van der Waals surface area (Å²) in [6, 6.07) is 1.01. The molecule has 106 valence electrons. The summed E-state index contributed by atoms with van der Waals surface area (Å²) >= 11 is 0. The minimum Gasteiger partial charge on any atom is -0.525 e. The van der Waals surface area contributed by atoms with Crippen LogP contribution < -0.4 is 0 Å². The predicted octanol–water partition coefficient (Wildman–Crippen LogP) is 1.52. The molecule has 5 heteroatoms. The molecule has 0 N–H and O–H groups in total. The molecule has 0 radical (unpaired) electrons. The molecule has 0 amide bonds. The van der Waals surface area contributed by atoms with Crippen molar-refractivity contribution in [3.8, 4) is 0 Å². The van der Waals surface area contributed by atoms with Gasteiger partial charge < -0.3 is 13.9 Å². The van der Waals surface area contributed by atoms with Crippen LogP contribution in [0.15, 0.2) is 0 Å². The molecule has 0 atom stereocenters. The molecule has 1 saturated heterocycles. The maximum atomic E-state index is 11.2. The zero-order valence-corrected chi connectivity index (χ0v) is 13.3. The highest BCUT2D eigenvalue weighted by Crippen LogP contribution is 2.31. The maximum Gasteiger partial charge on any atom is 0.294 e. The molecular weight excluding hydrogens is 248 g/mol. The zero-order chi connectivity index (χ0) is 13.4. The largest absolute Gasteiger partial charge is 0.525 e. The van der Waals surface area contributed by atoms with Crippen LogP contribution in [0, 0.1) is 11.3 Å². The van der Waals surface area contributed by atoms with Crippen molar-refractivity contribution >= 4 is 15.7 Å². The lowest BCUT2D eigenvalue weighted by Crippen LogP contribution is -2.45. The summed E-state index contributed by atoms with van der Waals surface area (Å²) < 4.78 is 16.2. The fourth-order valence-electron chi connectivity index (χ4n) is 1.71. The molecule has 1 fully saturated rings. The summed E-state index contributed by atoms with van der Waals surface area (Å²) in [5.41, 5.74) is 0.279. The Kier molecular flexibility index (Phi) is 6.89. The lowest BCUT2D eigenvalue weighted by Gasteiger charge is -2.40. The summed E-state index contributed by atoms with van der Waals surface area (Å²) in [6.45, 7) is 9.17. The first-order valence-electron chi connectivity index (χ1n) is 6.92. The molecule has 0 saturated carbocycles. The average molecular weight is 274 g/mol. The molecule has 18 heavy (non-hydrogen) atoms. The Hall–Kier alpha value is -0.393. The van der Waals surface area contributed by atoms with E-state index < -0.39 is 9.76 Å². The first-order chi connectivity index (χ1) is 8.59. The van der Waals surface area contributed by atoms with Crippen molar-refractivity contribution in [3.63, 3.8) is 0 Å². The van der Waals surface area contributed by atoms with Gasteiger partial charge in [0, 0.05) is 17.9 Å². The van der Waals surface area contributed by atoms with Gasteiger partial charge in [0.25, 0.3) is 5.97 Å². The summed E-state index contributed by atoms with van der Waals surface area (Å²) in [5.74, 6) is -0.0593. The van der Waals surface area contributed by atoms with Crippen LogP contribution in [0.4, 0.5) is 0 Å². The second kappa shape index (κ2) is 7.91. The second-order valence-corrected chi connectivity index (χ2v) is 6.83. The van der Waals surface area contributed by atoms with E-state index in [4.69, 9.17) is 13.9 Å². The van der Waals surface area contributed by atoms with Crippen LogP contribution in [-0.2, 0) is 18.7 Å². The van der Waals surface area contributed by atoms with Gasteiger partial charge in [0.1, 0.15) is 0 Å². The van der Waals surface area contributed by atoms with Crippen LogP contribution >= 0.6 is 0 Å². The van der Waals surface area contributed by atoms with Gasteiger partial charge in [-0.2, -0.15) is 0 Å². The third-order valence-electron chi connectivity index (χ3n) is 3.37. The fourth-order valence-corrected chi connectivity index (χ4v) is 2.80. The monoisotopic (exact) mass is 274 g/mol. The average Bonchev–Trinajstić information content (AvgIpc) is 2.30. The van der Waals surface area contributed by atoms with Gasteiger partial charge in [-0.25, -0.2) is 0 Å². The molecule has 1 rings (SSSR count). The van der Waals surface area contributed by atoms with Gasteiger partial charge in [0.2, 0.25) is 9.76 Å². The lowest BCUT2D eigenvalue weighted by atomic mass is 9.84. The number of hydrogen-bond donors (Lipinski definition) is 0.